The highest BCUT2D eigenvalue weighted by molar-refractivity contribution is 9.10. The summed E-state index contributed by atoms with van der Waals surface area (Å²) in [4.78, 5) is 3.97. The average molecular weight is 367 g/mol. The largest absolute Gasteiger partial charge is 0.372 e. The minimum absolute atomic E-state index is 0.0105. The van der Waals surface area contributed by atoms with E-state index in [1.807, 2.05) is 6.07 Å². The lowest BCUT2D eigenvalue weighted by atomic mass is 10.2. The maximum absolute atomic E-state index is 12.4. The second kappa shape index (κ2) is 6.11. The second-order valence-corrected chi connectivity index (χ2v) is 6.57. The molecular formula is C13H11BrN4O2S. The fourth-order valence-corrected chi connectivity index (χ4v) is 3.29. The molecule has 0 aliphatic carbocycles. The van der Waals surface area contributed by atoms with Crippen LogP contribution in [0.25, 0.3) is 0 Å². The highest BCUT2D eigenvalue weighted by atomic mass is 79.9. The summed E-state index contributed by atoms with van der Waals surface area (Å²) in [6, 6.07) is 9.64. The topological polar surface area (TPSA) is 94.9 Å². The number of benzene rings is 1. The highest BCUT2D eigenvalue weighted by Crippen LogP contribution is 2.25. The van der Waals surface area contributed by atoms with E-state index >= 15 is 0 Å². The highest BCUT2D eigenvalue weighted by Gasteiger charge is 2.20. The maximum atomic E-state index is 12.4. The van der Waals surface area contributed by atoms with Crippen molar-refractivity contribution in [1.29, 1.82) is 5.26 Å². The normalized spacial score (nSPS) is 10.7. The Hall–Kier alpha value is -2.11. The summed E-state index contributed by atoms with van der Waals surface area (Å²) in [6.07, 6.45) is 1.49. The van der Waals surface area contributed by atoms with Crippen molar-refractivity contribution in [2.75, 3.05) is 17.1 Å². The Morgan fingerprint density at radius 3 is 2.76 bits per heavy atom. The van der Waals surface area contributed by atoms with E-state index in [1.165, 1.54) is 30.5 Å². The quantitative estimate of drug-likeness (QED) is 0.866. The predicted octanol–water partition coefficient (Wildman–Crippen LogP) is 2.56. The zero-order valence-corrected chi connectivity index (χ0v) is 13.4. The molecule has 6 nitrogen and oxygen atoms in total. The first kappa shape index (κ1) is 15.3. The third kappa shape index (κ3) is 3.32. The molecule has 0 atom stereocenters. The lowest BCUT2D eigenvalue weighted by molar-refractivity contribution is 0.601. The number of hydrogen-bond donors (Lipinski definition) is 2. The van der Waals surface area contributed by atoms with Crippen molar-refractivity contribution < 1.29 is 8.42 Å². The van der Waals surface area contributed by atoms with Crippen molar-refractivity contribution in [1.82, 2.24) is 4.98 Å². The summed E-state index contributed by atoms with van der Waals surface area (Å²) >= 11 is 3.25. The molecule has 1 aromatic carbocycles. The molecule has 1 aromatic heterocycles. The van der Waals surface area contributed by atoms with Crippen LogP contribution in [0.3, 0.4) is 0 Å². The van der Waals surface area contributed by atoms with Crippen molar-refractivity contribution >= 4 is 37.5 Å². The van der Waals surface area contributed by atoms with Gasteiger partial charge in [0, 0.05) is 17.7 Å². The van der Waals surface area contributed by atoms with Gasteiger partial charge in [0.25, 0.3) is 10.0 Å². The third-order valence-electron chi connectivity index (χ3n) is 2.64. The smallest absolute Gasteiger partial charge is 0.265 e. The number of sulfonamides is 1. The molecule has 0 amide bonds. The van der Waals surface area contributed by atoms with Crippen LogP contribution in [0.5, 0.6) is 0 Å². The van der Waals surface area contributed by atoms with E-state index in [4.69, 9.17) is 5.26 Å². The van der Waals surface area contributed by atoms with Gasteiger partial charge in [0.2, 0.25) is 0 Å². The van der Waals surface area contributed by atoms with E-state index in [0.29, 0.717) is 4.47 Å². The lowest BCUT2D eigenvalue weighted by Crippen LogP contribution is -2.16. The molecule has 2 rings (SSSR count). The number of nitrogens with zero attached hydrogens (tertiary/aromatic N) is 2. The number of rotatable bonds is 4. The van der Waals surface area contributed by atoms with Gasteiger partial charge in [0.05, 0.1) is 11.3 Å². The fourth-order valence-electron chi connectivity index (χ4n) is 1.69. The Bertz CT molecular complexity index is 815. The van der Waals surface area contributed by atoms with Gasteiger partial charge < -0.3 is 5.32 Å². The minimum atomic E-state index is -3.85. The second-order valence-electron chi connectivity index (χ2n) is 4.01. The monoisotopic (exact) mass is 366 g/mol. The number of hydrogen-bond acceptors (Lipinski definition) is 5. The van der Waals surface area contributed by atoms with Crippen LogP contribution in [-0.4, -0.2) is 20.4 Å². The van der Waals surface area contributed by atoms with Crippen LogP contribution < -0.4 is 10.0 Å². The van der Waals surface area contributed by atoms with Gasteiger partial charge in [0.15, 0.2) is 0 Å². The van der Waals surface area contributed by atoms with Crippen LogP contribution in [0, 0.1) is 11.3 Å². The van der Waals surface area contributed by atoms with Crippen LogP contribution in [0.2, 0.25) is 0 Å². The van der Waals surface area contributed by atoms with Gasteiger partial charge in [-0.1, -0.05) is 15.9 Å². The number of aromatic nitrogens is 1. The third-order valence-corrected chi connectivity index (χ3v) is 4.53. The zero-order chi connectivity index (χ0) is 15.5. The fraction of sp³-hybridized carbons (Fsp3) is 0.0769. The molecule has 108 valence electrons. The molecule has 0 radical (unpaired) electrons. The average Bonchev–Trinajstić information content (AvgIpc) is 2.47. The molecule has 2 aromatic rings. The van der Waals surface area contributed by atoms with E-state index in [1.54, 1.807) is 13.1 Å². The van der Waals surface area contributed by atoms with Gasteiger partial charge in [-0.3, -0.25) is 4.72 Å². The molecule has 0 fully saturated rings. The van der Waals surface area contributed by atoms with Crippen LogP contribution in [-0.2, 0) is 10.0 Å². The summed E-state index contributed by atoms with van der Waals surface area (Å²) in [5, 5.41) is 11.8. The van der Waals surface area contributed by atoms with Crippen LogP contribution in [0.1, 0.15) is 5.56 Å². The summed E-state index contributed by atoms with van der Waals surface area (Å²) in [5.41, 5.74) is 0.439. The van der Waals surface area contributed by atoms with Crippen molar-refractivity contribution in [3.05, 3.63) is 46.6 Å². The van der Waals surface area contributed by atoms with Gasteiger partial charge in [-0.05, 0) is 30.3 Å². The molecule has 21 heavy (non-hydrogen) atoms. The van der Waals surface area contributed by atoms with Gasteiger partial charge in [-0.2, -0.15) is 5.26 Å². The number of halogens is 1. The molecular weight excluding hydrogens is 356 g/mol. The Morgan fingerprint density at radius 1 is 1.33 bits per heavy atom. The first-order chi connectivity index (χ1) is 9.97. The summed E-state index contributed by atoms with van der Waals surface area (Å²) in [7, 11) is -2.27. The lowest BCUT2D eigenvalue weighted by Gasteiger charge is -2.12. The van der Waals surface area contributed by atoms with Gasteiger partial charge in [-0.25, -0.2) is 13.4 Å². The van der Waals surface area contributed by atoms with Crippen molar-refractivity contribution in [2.24, 2.45) is 0 Å². The van der Waals surface area contributed by atoms with Gasteiger partial charge in [0.1, 0.15) is 16.8 Å². The van der Waals surface area contributed by atoms with Crippen molar-refractivity contribution in [3.63, 3.8) is 0 Å². The molecule has 0 aliphatic heterocycles. The molecule has 1 heterocycles. The molecule has 0 aliphatic rings. The SMILES string of the molecule is CNc1ncccc1S(=O)(=O)Nc1cc(Br)ccc1C#N. The molecule has 2 N–H and O–H groups in total. The number of anilines is 2. The van der Waals surface area contributed by atoms with E-state index in [9.17, 15) is 8.42 Å². The molecule has 0 unspecified atom stereocenters. The Balaban J connectivity index is 2.48. The van der Waals surface area contributed by atoms with E-state index < -0.39 is 10.0 Å². The summed E-state index contributed by atoms with van der Waals surface area (Å²) in [6.45, 7) is 0. The number of pyridine rings is 1. The van der Waals surface area contributed by atoms with Crippen LogP contribution in [0.4, 0.5) is 11.5 Å². The zero-order valence-electron chi connectivity index (χ0n) is 11.0. The summed E-state index contributed by atoms with van der Waals surface area (Å²) in [5.74, 6) is 0.235. The van der Waals surface area contributed by atoms with Gasteiger partial charge >= 0.3 is 0 Å². The molecule has 0 saturated heterocycles. The predicted molar refractivity (Wildman–Crippen MR) is 83.4 cm³/mol. The summed E-state index contributed by atoms with van der Waals surface area (Å²) < 4.78 is 28.0. The standard InChI is InChI=1S/C13H11BrN4O2S/c1-16-13-12(3-2-6-17-13)21(19,20)18-11-7-10(14)5-4-9(11)8-15/h2-7,18H,1H3,(H,16,17). The van der Waals surface area contributed by atoms with E-state index in [-0.39, 0.29) is 22.0 Å². The minimum Gasteiger partial charge on any atom is -0.372 e. The van der Waals surface area contributed by atoms with Crippen molar-refractivity contribution in [3.8, 4) is 6.07 Å². The Morgan fingerprint density at radius 2 is 2.10 bits per heavy atom. The van der Waals surface area contributed by atoms with Gasteiger partial charge in [-0.15, -0.1) is 0 Å². The first-order valence-corrected chi connectivity index (χ1v) is 8.11. The molecule has 0 bridgehead atoms. The number of nitrogens with one attached hydrogen (secondary N) is 2. The first-order valence-electron chi connectivity index (χ1n) is 5.83. The Labute approximate surface area is 131 Å². The van der Waals surface area contributed by atoms with Crippen molar-refractivity contribution in [2.45, 2.75) is 4.90 Å². The molecule has 0 spiro atoms. The van der Waals surface area contributed by atoms with E-state index in [2.05, 4.69) is 31.0 Å². The van der Waals surface area contributed by atoms with Crippen LogP contribution in [0.15, 0.2) is 45.9 Å². The Kier molecular flexibility index (Phi) is 4.45. The molecule has 8 heteroatoms. The van der Waals surface area contributed by atoms with E-state index in [0.717, 1.165) is 0 Å². The maximum Gasteiger partial charge on any atom is 0.265 e. The van der Waals surface area contributed by atoms with Crippen LogP contribution >= 0.6 is 15.9 Å². The number of nitriles is 1. The molecule has 0 saturated carbocycles.